The monoisotopic (exact) mass is 379 g/mol. The van der Waals surface area contributed by atoms with Crippen molar-refractivity contribution < 1.29 is 9.47 Å². The van der Waals surface area contributed by atoms with Crippen LogP contribution in [0.25, 0.3) is 0 Å². The molecule has 1 saturated heterocycles. The summed E-state index contributed by atoms with van der Waals surface area (Å²) in [6, 6.07) is 18.5. The minimum Gasteiger partial charge on any atom is -0.489 e. The fourth-order valence-electron chi connectivity index (χ4n) is 3.65. The van der Waals surface area contributed by atoms with Crippen molar-refractivity contribution in [3.63, 3.8) is 0 Å². The van der Waals surface area contributed by atoms with Crippen molar-refractivity contribution >= 4 is 0 Å². The van der Waals surface area contributed by atoms with Crippen molar-refractivity contribution in [1.29, 1.82) is 5.26 Å². The van der Waals surface area contributed by atoms with Gasteiger partial charge < -0.3 is 14.8 Å². The second-order valence-electron chi connectivity index (χ2n) is 7.20. The van der Waals surface area contributed by atoms with Crippen molar-refractivity contribution in [2.75, 3.05) is 33.4 Å². The number of nitriles is 1. The average molecular weight is 380 g/mol. The predicted molar refractivity (Wildman–Crippen MR) is 110 cm³/mol. The number of methoxy groups -OCH3 is 1. The number of hydrogen-bond donors (Lipinski definition) is 1. The van der Waals surface area contributed by atoms with E-state index in [1.54, 1.807) is 13.2 Å². The standard InChI is InChI=1S/C23H29N3O2/c1-27-12-11-26-10-4-8-22(26)17-25-16-20-6-3-9-23(14-20)28-18-21-7-2-5-19(13-21)15-24/h2-3,5-7,9,13-14,22,25H,4,8,10-12,16-18H2,1H3. The van der Waals surface area contributed by atoms with Crippen LogP contribution in [0, 0.1) is 11.3 Å². The smallest absolute Gasteiger partial charge is 0.120 e. The first-order valence-electron chi connectivity index (χ1n) is 9.93. The summed E-state index contributed by atoms with van der Waals surface area (Å²) < 4.78 is 11.1. The van der Waals surface area contributed by atoms with E-state index in [1.165, 1.54) is 24.9 Å². The highest BCUT2D eigenvalue weighted by atomic mass is 16.5. The fraction of sp³-hybridized carbons (Fsp3) is 0.435. The molecular weight excluding hydrogens is 350 g/mol. The lowest BCUT2D eigenvalue weighted by Crippen LogP contribution is -2.39. The molecule has 3 rings (SSSR count). The van der Waals surface area contributed by atoms with Crippen LogP contribution in [0.4, 0.5) is 0 Å². The fourth-order valence-corrected chi connectivity index (χ4v) is 3.65. The van der Waals surface area contributed by atoms with Gasteiger partial charge in [0, 0.05) is 32.8 Å². The molecule has 148 valence electrons. The molecule has 0 aliphatic carbocycles. The van der Waals surface area contributed by atoms with Crippen LogP contribution in [-0.2, 0) is 17.9 Å². The summed E-state index contributed by atoms with van der Waals surface area (Å²) >= 11 is 0. The zero-order valence-corrected chi connectivity index (χ0v) is 16.6. The van der Waals surface area contributed by atoms with E-state index in [4.69, 9.17) is 14.7 Å². The molecule has 0 bridgehead atoms. The highest BCUT2D eigenvalue weighted by Gasteiger charge is 2.23. The Hall–Kier alpha value is -2.39. The van der Waals surface area contributed by atoms with Crippen LogP contribution in [0.2, 0.25) is 0 Å². The zero-order valence-electron chi connectivity index (χ0n) is 16.6. The number of benzene rings is 2. The second kappa shape index (κ2) is 10.8. The number of nitrogens with zero attached hydrogens (tertiary/aromatic N) is 2. The van der Waals surface area contributed by atoms with Crippen molar-refractivity contribution in [1.82, 2.24) is 10.2 Å². The van der Waals surface area contributed by atoms with Gasteiger partial charge in [-0.2, -0.15) is 5.26 Å². The van der Waals surface area contributed by atoms with Crippen LogP contribution < -0.4 is 10.1 Å². The van der Waals surface area contributed by atoms with E-state index in [9.17, 15) is 0 Å². The minimum absolute atomic E-state index is 0.461. The van der Waals surface area contributed by atoms with Crippen LogP contribution in [0.1, 0.15) is 29.5 Å². The number of ether oxygens (including phenoxy) is 2. The number of hydrogen-bond acceptors (Lipinski definition) is 5. The predicted octanol–water partition coefficient (Wildman–Crippen LogP) is 3.34. The van der Waals surface area contributed by atoms with E-state index in [1.807, 2.05) is 30.3 Å². The van der Waals surface area contributed by atoms with E-state index >= 15 is 0 Å². The lowest BCUT2D eigenvalue weighted by Gasteiger charge is -2.24. The zero-order chi connectivity index (χ0) is 19.6. The summed E-state index contributed by atoms with van der Waals surface area (Å²) in [5, 5.41) is 12.6. The largest absolute Gasteiger partial charge is 0.489 e. The van der Waals surface area contributed by atoms with Crippen LogP contribution in [0.3, 0.4) is 0 Å². The topological polar surface area (TPSA) is 57.5 Å². The molecule has 1 aliphatic rings. The SMILES string of the molecule is COCCN1CCCC1CNCc1cccc(OCc2cccc(C#N)c2)c1. The number of nitrogens with one attached hydrogen (secondary N) is 1. The van der Waals surface area contributed by atoms with E-state index in [2.05, 4.69) is 28.4 Å². The highest BCUT2D eigenvalue weighted by Crippen LogP contribution is 2.18. The Balaban J connectivity index is 1.46. The first-order chi connectivity index (χ1) is 13.8. The Morgan fingerprint density at radius 1 is 1.18 bits per heavy atom. The van der Waals surface area contributed by atoms with Crippen LogP contribution in [-0.4, -0.2) is 44.3 Å². The summed E-state index contributed by atoms with van der Waals surface area (Å²) in [4.78, 5) is 2.52. The van der Waals surface area contributed by atoms with Crippen molar-refractivity contribution in [3.05, 3.63) is 65.2 Å². The molecule has 1 fully saturated rings. The lowest BCUT2D eigenvalue weighted by atomic mass is 10.1. The van der Waals surface area contributed by atoms with Gasteiger partial charge in [0.15, 0.2) is 0 Å². The third kappa shape index (κ3) is 6.07. The molecule has 1 aliphatic heterocycles. The first kappa shape index (κ1) is 20.3. The molecule has 1 N–H and O–H groups in total. The van der Waals surface area contributed by atoms with E-state index < -0.39 is 0 Å². The maximum Gasteiger partial charge on any atom is 0.120 e. The molecule has 0 saturated carbocycles. The van der Waals surface area contributed by atoms with E-state index in [0.717, 1.165) is 37.6 Å². The Kier molecular flexibility index (Phi) is 7.86. The molecule has 0 aromatic heterocycles. The van der Waals surface area contributed by atoms with Crippen LogP contribution in [0.15, 0.2) is 48.5 Å². The summed E-state index contributed by atoms with van der Waals surface area (Å²) in [5.74, 6) is 0.851. The van der Waals surface area contributed by atoms with Gasteiger partial charge in [0.05, 0.1) is 18.2 Å². The van der Waals surface area contributed by atoms with Crippen molar-refractivity contribution in [3.8, 4) is 11.8 Å². The summed E-state index contributed by atoms with van der Waals surface area (Å²) in [5.41, 5.74) is 2.87. The molecule has 1 unspecified atom stereocenters. The van der Waals surface area contributed by atoms with Gasteiger partial charge in [0.1, 0.15) is 12.4 Å². The van der Waals surface area contributed by atoms with E-state index in [0.29, 0.717) is 18.2 Å². The molecule has 1 heterocycles. The lowest BCUT2D eigenvalue weighted by molar-refractivity contribution is 0.140. The van der Waals surface area contributed by atoms with E-state index in [-0.39, 0.29) is 0 Å². The Morgan fingerprint density at radius 3 is 2.89 bits per heavy atom. The molecule has 0 amide bonds. The Bertz CT molecular complexity index is 787. The summed E-state index contributed by atoms with van der Waals surface area (Å²) in [6.07, 6.45) is 2.52. The molecule has 5 heteroatoms. The van der Waals surface area contributed by atoms with Gasteiger partial charge in [-0.3, -0.25) is 4.90 Å². The highest BCUT2D eigenvalue weighted by molar-refractivity contribution is 5.33. The van der Waals surface area contributed by atoms with Gasteiger partial charge >= 0.3 is 0 Å². The molecule has 0 radical (unpaired) electrons. The molecule has 5 nitrogen and oxygen atoms in total. The normalized spacial score (nSPS) is 16.8. The van der Waals surface area contributed by atoms with Gasteiger partial charge in [-0.1, -0.05) is 24.3 Å². The van der Waals surface area contributed by atoms with Gasteiger partial charge in [-0.15, -0.1) is 0 Å². The Labute approximate surface area is 167 Å². The third-order valence-electron chi connectivity index (χ3n) is 5.15. The molecule has 1 atom stereocenters. The van der Waals surface area contributed by atoms with Gasteiger partial charge in [0.25, 0.3) is 0 Å². The Morgan fingerprint density at radius 2 is 2.04 bits per heavy atom. The van der Waals surface area contributed by atoms with Crippen LogP contribution >= 0.6 is 0 Å². The minimum atomic E-state index is 0.461. The van der Waals surface area contributed by atoms with Gasteiger partial charge in [-0.05, 0) is 54.8 Å². The molecule has 2 aromatic rings. The molecular formula is C23H29N3O2. The van der Waals surface area contributed by atoms with Crippen molar-refractivity contribution in [2.45, 2.75) is 32.0 Å². The maximum atomic E-state index is 9.00. The molecule has 0 spiro atoms. The van der Waals surface area contributed by atoms with Gasteiger partial charge in [-0.25, -0.2) is 0 Å². The molecule has 2 aromatic carbocycles. The second-order valence-corrected chi connectivity index (χ2v) is 7.20. The first-order valence-corrected chi connectivity index (χ1v) is 9.93. The van der Waals surface area contributed by atoms with Crippen molar-refractivity contribution in [2.24, 2.45) is 0 Å². The number of likely N-dealkylation sites (tertiary alicyclic amines) is 1. The number of rotatable bonds is 10. The maximum absolute atomic E-state index is 9.00. The van der Waals surface area contributed by atoms with Gasteiger partial charge in [0.2, 0.25) is 0 Å². The molecule has 28 heavy (non-hydrogen) atoms. The quantitative estimate of drug-likeness (QED) is 0.686. The third-order valence-corrected chi connectivity index (χ3v) is 5.15. The van der Waals surface area contributed by atoms with Crippen LogP contribution in [0.5, 0.6) is 5.75 Å². The average Bonchev–Trinajstić information content (AvgIpc) is 3.18. The summed E-state index contributed by atoms with van der Waals surface area (Å²) in [7, 11) is 1.76. The summed E-state index contributed by atoms with van der Waals surface area (Å²) in [6.45, 7) is 5.27.